The van der Waals surface area contributed by atoms with Crippen molar-refractivity contribution in [1.82, 2.24) is 18.7 Å². The van der Waals surface area contributed by atoms with E-state index in [4.69, 9.17) is 23.2 Å². The maximum Gasteiger partial charge on any atom is 0.332 e. The van der Waals surface area contributed by atoms with Crippen LogP contribution in [-0.2, 0) is 20.6 Å². The molecule has 4 rings (SSSR count). The van der Waals surface area contributed by atoms with Crippen molar-refractivity contribution < 1.29 is 0 Å². The maximum absolute atomic E-state index is 13.0. The lowest BCUT2D eigenvalue weighted by atomic mass is 9.96. The molecule has 2 heterocycles. The van der Waals surface area contributed by atoms with Gasteiger partial charge in [-0.15, -0.1) is 0 Å². The van der Waals surface area contributed by atoms with Gasteiger partial charge in [0.25, 0.3) is 5.56 Å². The van der Waals surface area contributed by atoms with Crippen LogP contribution in [0.5, 0.6) is 0 Å². The minimum absolute atomic E-state index is 0.292. The van der Waals surface area contributed by atoms with Gasteiger partial charge >= 0.3 is 5.69 Å². The van der Waals surface area contributed by atoms with Gasteiger partial charge in [-0.3, -0.25) is 18.5 Å². The molecule has 0 bridgehead atoms. The van der Waals surface area contributed by atoms with Crippen LogP contribution in [0.4, 0.5) is 5.95 Å². The average molecular weight is 436 g/mol. The first-order chi connectivity index (χ1) is 13.9. The number of hydrogen-bond donors (Lipinski definition) is 1. The highest BCUT2D eigenvalue weighted by Gasteiger charge is 2.22. The van der Waals surface area contributed by atoms with Crippen molar-refractivity contribution in [3.05, 3.63) is 54.6 Å². The fourth-order valence-electron chi connectivity index (χ4n) is 3.96. The molecule has 3 aromatic rings. The van der Waals surface area contributed by atoms with E-state index in [-0.39, 0.29) is 5.56 Å². The molecular weight excluding hydrogens is 413 g/mol. The zero-order chi connectivity index (χ0) is 20.7. The lowest BCUT2D eigenvalue weighted by Gasteiger charge is -2.23. The summed E-state index contributed by atoms with van der Waals surface area (Å²) in [7, 11) is 3.10. The first-order valence-electron chi connectivity index (χ1n) is 9.73. The van der Waals surface area contributed by atoms with Crippen LogP contribution in [0.15, 0.2) is 27.8 Å². The van der Waals surface area contributed by atoms with Crippen molar-refractivity contribution in [1.29, 1.82) is 0 Å². The third-order valence-electron chi connectivity index (χ3n) is 5.63. The number of aryl methyl sites for hydroxylation is 1. The van der Waals surface area contributed by atoms with Crippen LogP contribution in [0, 0.1) is 0 Å². The highest BCUT2D eigenvalue weighted by atomic mass is 35.5. The monoisotopic (exact) mass is 435 g/mol. The topological polar surface area (TPSA) is 73.8 Å². The quantitative estimate of drug-likeness (QED) is 0.679. The SMILES string of the molecule is Cn1c(=O)c2c(nc(NC3CCCCC3)n2Cc2ccc(Cl)cc2Cl)n(C)c1=O. The molecule has 29 heavy (non-hydrogen) atoms. The number of nitrogens with zero attached hydrogens (tertiary/aromatic N) is 4. The Balaban J connectivity index is 1.89. The first kappa shape index (κ1) is 20.0. The smallest absolute Gasteiger partial charge is 0.332 e. The standard InChI is InChI=1S/C20H23Cl2N5O2/c1-25-17-16(18(28)26(2)20(25)29)27(11-12-8-9-13(21)10-15(12)22)19(24-17)23-14-6-4-3-5-7-14/h8-10,14H,3-7,11H2,1-2H3,(H,23,24). The molecule has 1 aliphatic rings. The van der Waals surface area contributed by atoms with Gasteiger partial charge in [0.2, 0.25) is 5.95 Å². The number of rotatable bonds is 4. The van der Waals surface area contributed by atoms with E-state index in [9.17, 15) is 9.59 Å². The van der Waals surface area contributed by atoms with Crippen LogP contribution >= 0.6 is 23.2 Å². The molecule has 1 saturated carbocycles. The van der Waals surface area contributed by atoms with E-state index in [0.29, 0.717) is 39.7 Å². The summed E-state index contributed by atoms with van der Waals surface area (Å²) in [6, 6.07) is 5.58. The fraction of sp³-hybridized carbons (Fsp3) is 0.450. The zero-order valence-corrected chi connectivity index (χ0v) is 17.9. The molecular formula is C20H23Cl2N5O2. The Morgan fingerprint density at radius 2 is 1.83 bits per heavy atom. The van der Waals surface area contributed by atoms with E-state index in [1.807, 2.05) is 10.6 Å². The molecule has 0 spiro atoms. The normalized spacial score (nSPS) is 15.2. The lowest BCUT2D eigenvalue weighted by molar-refractivity contribution is 0.459. The number of imidazole rings is 1. The lowest BCUT2D eigenvalue weighted by Crippen LogP contribution is -2.37. The Bertz CT molecular complexity index is 1190. The van der Waals surface area contributed by atoms with E-state index < -0.39 is 5.69 Å². The Morgan fingerprint density at radius 3 is 2.52 bits per heavy atom. The van der Waals surface area contributed by atoms with Crippen molar-refractivity contribution in [2.75, 3.05) is 5.32 Å². The van der Waals surface area contributed by atoms with Gasteiger partial charge in [0, 0.05) is 30.2 Å². The van der Waals surface area contributed by atoms with Gasteiger partial charge in [-0.2, -0.15) is 4.98 Å². The fourth-order valence-corrected chi connectivity index (χ4v) is 4.43. The van der Waals surface area contributed by atoms with Gasteiger partial charge in [0.1, 0.15) is 0 Å². The summed E-state index contributed by atoms with van der Waals surface area (Å²) in [4.78, 5) is 30.0. The molecule has 1 N–H and O–H groups in total. The van der Waals surface area contributed by atoms with Crippen molar-refractivity contribution >= 4 is 40.3 Å². The summed E-state index contributed by atoms with van der Waals surface area (Å²) >= 11 is 12.4. The second kappa shape index (κ2) is 7.88. The predicted octanol–water partition coefficient (Wildman–Crippen LogP) is 3.53. The number of halogens is 2. The second-order valence-corrected chi connectivity index (χ2v) is 8.46. The number of fused-ring (bicyclic) bond motifs is 1. The molecule has 0 saturated heterocycles. The number of aromatic nitrogens is 4. The highest BCUT2D eigenvalue weighted by Crippen LogP contribution is 2.27. The van der Waals surface area contributed by atoms with E-state index >= 15 is 0 Å². The van der Waals surface area contributed by atoms with Crippen LogP contribution in [0.2, 0.25) is 10.0 Å². The van der Waals surface area contributed by atoms with Crippen molar-refractivity contribution in [3.8, 4) is 0 Å². The van der Waals surface area contributed by atoms with Crippen LogP contribution in [-0.4, -0.2) is 24.7 Å². The third kappa shape index (κ3) is 3.69. The molecule has 0 atom stereocenters. The summed E-state index contributed by atoms with van der Waals surface area (Å²) < 4.78 is 4.33. The number of anilines is 1. The van der Waals surface area contributed by atoms with Crippen molar-refractivity contribution in [2.45, 2.75) is 44.7 Å². The summed E-state index contributed by atoms with van der Waals surface area (Å²) in [5, 5.41) is 4.57. The molecule has 0 radical (unpaired) electrons. The minimum Gasteiger partial charge on any atom is -0.353 e. The van der Waals surface area contributed by atoms with Gasteiger partial charge < -0.3 is 5.32 Å². The van der Waals surface area contributed by atoms with Crippen molar-refractivity contribution in [3.63, 3.8) is 0 Å². The third-order valence-corrected chi connectivity index (χ3v) is 6.22. The molecule has 1 fully saturated rings. The number of benzene rings is 1. The predicted molar refractivity (Wildman–Crippen MR) is 116 cm³/mol. The highest BCUT2D eigenvalue weighted by molar-refractivity contribution is 6.35. The molecule has 0 amide bonds. The van der Waals surface area contributed by atoms with Crippen molar-refractivity contribution in [2.24, 2.45) is 14.1 Å². The summed E-state index contributed by atoms with van der Waals surface area (Å²) in [5.41, 5.74) is 0.775. The molecule has 0 unspecified atom stereocenters. The van der Waals surface area contributed by atoms with E-state index in [1.54, 1.807) is 19.2 Å². The molecule has 1 aromatic carbocycles. The summed E-state index contributed by atoms with van der Waals surface area (Å²) in [6.07, 6.45) is 5.69. The second-order valence-electron chi connectivity index (χ2n) is 7.61. The number of hydrogen-bond acceptors (Lipinski definition) is 4. The van der Waals surface area contributed by atoms with Gasteiger partial charge in [0.05, 0.1) is 6.54 Å². The molecule has 7 nitrogen and oxygen atoms in total. The van der Waals surface area contributed by atoms with Gasteiger partial charge in [-0.05, 0) is 30.5 Å². The maximum atomic E-state index is 13.0. The van der Waals surface area contributed by atoms with Gasteiger partial charge in [0.15, 0.2) is 11.2 Å². The first-order valence-corrected chi connectivity index (χ1v) is 10.5. The van der Waals surface area contributed by atoms with Crippen LogP contribution in [0.25, 0.3) is 11.2 Å². The van der Waals surface area contributed by atoms with E-state index in [2.05, 4.69) is 10.3 Å². The van der Waals surface area contributed by atoms with E-state index in [1.165, 1.54) is 30.9 Å². The van der Waals surface area contributed by atoms with Crippen LogP contribution in [0.3, 0.4) is 0 Å². The Hall–Kier alpha value is -2.25. The molecule has 0 aliphatic heterocycles. The van der Waals surface area contributed by atoms with Gasteiger partial charge in [-0.1, -0.05) is 48.5 Å². The minimum atomic E-state index is -0.402. The average Bonchev–Trinajstić information content (AvgIpc) is 3.05. The number of nitrogens with one attached hydrogen (secondary N) is 1. The summed E-state index contributed by atoms with van der Waals surface area (Å²) in [5.74, 6) is 0.580. The zero-order valence-electron chi connectivity index (χ0n) is 16.4. The Morgan fingerprint density at radius 1 is 1.10 bits per heavy atom. The van der Waals surface area contributed by atoms with Gasteiger partial charge in [-0.25, -0.2) is 4.79 Å². The molecule has 2 aromatic heterocycles. The molecule has 9 heteroatoms. The van der Waals surface area contributed by atoms with Crippen LogP contribution < -0.4 is 16.6 Å². The Kier molecular flexibility index (Phi) is 5.44. The molecule has 1 aliphatic carbocycles. The summed E-state index contributed by atoms with van der Waals surface area (Å²) in [6.45, 7) is 0.342. The van der Waals surface area contributed by atoms with Crippen LogP contribution in [0.1, 0.15) is 37.7 Å². The molecule has 154 valence electrons. The largest absolute Gasteiger partial charge is 0.353 e. The van der Waals surface area contributed by atoms with E-state index in [0.717, 1.165) is 23.0 Å². The Labute approximate surface area is 177 Å².